The smallest absolute Gasteiger partial charge is 0.257 e. The molecular formula is C16H21F2N7. The predicted molar refractivity (Wildman–Crippen MR) is 87.3 cm³/mol. The van der Waals surface area contributed by atoms with Crippen molar-refractivity contribution >= 4 is 5.82 Å². The summed E-state index contributed by atoms with van der Waals surface area (Å²) in [5.74, 6) is 1.52. The van der Waals surface area contributed by atoms with Crippen molar-refractivity contribution < 1.29 is 8.78 Å². The molecule has 4 heterocycles. The van der Waals surface area contributed by atoms with E-state index in [2.05, 4.69) is 36.1 Å². The number of hydrogen-bond donors (Lipinski definition) is 0. The van der Waals surface area contributed by atoms with Crippen LogP contribution in [0.25, 0.3) is 0 Å². The second kappa shape index (κ2) is 6.99. The van der Waals surface area contributed by atoms with Gasteiger partial charge in [0.1, 0.15) is 18.7 Å². The molecule has 4 rings (SSSR count). The van der Waals surface area contributed by atoms with E-state index in [1.807, 2.05) is 0 Å². The highest BCUT2D eigenvalue weighted by Gasteiger charge is 2.22. The zero-order valence-corrected chi connectivity index (χ0v) is 14.0. The molecule has 2 aromatic heterocycles. The minimum atomic E-state index is -2.43. The first-order valence-corrected chi connectivity index (χ1v) is 8.66. The van der Waals surface area contributed by atoms with Gasteiger partial charge in [-0.3, -0.25) is 4.90 Å². The van der Waals surface area contributed by atoms with E-state index >= 15 is 0 Å². The third kappa shape index (κ3) is 3.60. The molecule has 2 aliphatic rings. The van der Waals surface area contributed by atoms with E-state index in [9.17, 15) is 8.78 Å². The first kappa shape index (κ1) is 16.3. The Morgan fingerprint density at radius 2 is 1.96 bits per heavy atom. The van der Waals surface area contributed by atoms with Crippen molar-refractivity contribution in [2.75, 3.05) is 24.5 Å². The van der Waals surface area contributed by atoms with Crippen LogP contribution in [0.15, 0.2) is 12.4 Å². The van der Waals surface area contributed by atoms with Crippen molar-refractivity contribution in [2.24, 2.45) is 0 Å². The zero-order chi connectivity index (χ0) is 17.2. The van der Waals surface area contributed by atoms with Crippen molar-refractivity contribution in [1.82, 2.24) is 29.9 Å². The van der Waals surface area contributed by atoms with E-state index in [-0.39, 0.29) is 0 Å². The van der Waals surface area contributed by atoms with Crippen LogP contribution in [0.4, 0.5) is 14.6 Å². The lowest BCUT2D eigenvalue weighted by atomic mass is 10.1. The fourth-order valence-electron chi connectivity index (χ4n) is 3.50. The molecule has 1 fully saturated rings. The monoisotopic (exact) mass is 349 g/mol. The Balaban J connectivity index is 1.47. The van der Waals surface area contributed by atoms with Crippen LogP contribution in [-0.2, 0) is 26.1 Å². The quantitative estimate of drug-likeness (QED) is 0.815. The lowest BCUT2D eigenvalue weighted by Crippen LogP contribution is -2.33. The number of aromatic nitrogens is 5. The minimum absolute atomic E-state index is 0.412. The summed E-state index contributed by atoms with van der Waals surface area (Å²) in [4.78, 5) is 8.61. The summed E-state index contributed by atoms with van der Waals surface area (Å²) in [6.07, 6.45) is 2.12. The molecular weight excluding hydrogens is 328 g/mol. The summed E-state index contributed by atoms with van der Waals surface area (Å²) in [6, 6.07) is 2.13. The molecule has 0 aromatic carbocycles. The summed E-state index contributed by atoms with van der Waals surface area (Å²) in [6.45, 7) is 3.71. The van der Waals surface area contributed by atoms with Crippen LogP contribution in [0, 0.1) is 0 Å². The van der Waals surface area contributed by atoms with Gasteiger partial charge in [0.05, 0.1) is 12.2 Å². The Kier molecular flexibility index (Phi) is 4.56. The Morgan fingerprint density at radius 3 is 2.76 bits per heavy atom. The Labute approximate surface area is 144 Å². The van der Waals surface area contributed by atoms with Crippen LogP contribution < -0.4 is 4.90 Å². The van der Waals surface area contributed by atoms with Gasteiger partial charge < -0.3 is 4.90 Å². The van der Waals surface area contributed by atoms with Crippen LogP contribution in [-0.4, -0.2) is 55.9 Å². The highest BCUT2D eigenvalue weighted by molar-refractivity contribution is 5.42. The fourth-order valence-corrected chi connectivity index (χ4v) is 3.50. The number of alkyl halides is 2. The van der Waals surface area contributed by atoms with Crippen LogP contribution in [0.5, 0.6) is 0 Å². The molecule has 134 valence electrons. The zero-order valence-electron chi connectivity index (χ0n) is 14.0. The molecule has 0 bridgehead atoms. The van der Waals surface area contributed by atoms with E-state index in [1.165, 1.54) is 29.4 Å². The lowest BCUT2D eigenvalue weighted by molar-refractivity contribution is 0.118. The van der Waals surface area contributed by atoms with Crippen LogP contribution in [0.3, 0.4) is 0 Å². The Bertz CT molecular complexity index is 727. The molecule has 9 heteroatoms. The number of nitrogens with zero attached hydrogens (tertiary/aromatic N) is 7. The van der Waals surface area contributed by atoms with Crippen molar-refractivity contribution in [1.29, 1.82) is 0 Å². The molecule has 0 N–H and O–H groups in total. The number of rotatable bonds is 5. The molecule has 25 heavy (non-hydrogen) atoms. The molecule has 2 aromatic rings. The molecule has 0 amide bonds. The third-order valence-corrected chi connectivity index (χ3v) is 4.81. The number of fused-ring (bicyclic) bond motifs is 1. The summed E-state index contributed by atoms with van der Waals surface area (Å²) >= 11 is 0. The van der Waals surface area contributed by atoms with Gasteiger partial charge in [0, 0.05) is 32.6 Å². The summed E-state index contributed by atoms with van der Waals surface area (Å²) in [7, 11) is 0. The van der Waals surface area contributed by atoms with E-state index in [0.29, 0.717) is 12.4 Å². The predicted octanol–water partition coefficient (Wildman–Crippen LogP) is 1.49. The number of halogens is 2. The molecule has 0 saturated carbocycles. The van der Waals surface area contributed by atoms with Crippen molar-refractivity contribution in [3.63, 3.8) is 0 Å². The first-order chi connectivity index (χ1) is 12.2. The standard InChI is InChI=1S/C16H21F2N7/c17-14(18)9-25-16(19-11-20-25)10-23-6-3-13-12(8-23)7-15(22-21-13)24-4-1-2-5-24/h7,11,14H,1-6,8-10H2. The second-order valence-electron chi connectivity index (χ2n) is 6.58. The normalized spacial score (nSPS) is 18.1. The number of anilines is 1. The molecule has 0 spiro atoms. The van der Waals surface area contributed by atoms with E-state index in [4.69, 9.17) is 0 Å². The topological polar surface area (TPSA) is 63.0 Å². The van der Waals surface area contributed by atoms with Crippen molar-refractivity contribution in [3.8, 4) is 0 Å². The number of hydrogen-bond acceptors (Lipinski definition) is 6. The molecule has 2 aliphatic heterocycles. The van der Waals surface area contributed by atoms with Gasteiger partial charge in [-0.1, -0.05) is 0 Å². The molecule has 7 nitrogen and oxygen atoms in total. The fraction of sp³-hybridized carbons (Fsp3) is 0.625. The second-order valence-corrected chi connectivity index (χ2v) is 6.58. The molecule has 1 saturated heterocycles. The highest BCUT2D eigenvalue weighted by Crippen LogP contribution is 2.24. The molecule has 0 aliphatic carbocycles. The summed E-state index contributed by atoms with van der Waals surface area (Å²) < 4.78 is 26.5. The Morgan fingerprint density at radius 1 is 1.12 bits per heavy atom. The van der Waals surface area contributed by atoms with Crippen LogP contribution >= 0.6 is 0 Å². The maximum atomic E-state index is 12.6. The van der Waals surface area contributed by atoms with Crippen LogP contribution in [0.2, 0.25) is 0 Å². The third-order valence-electron chi connectivity index (χ3n) is 4.81. The average Bonchev–Trinajstić information content (AvgIpc) is 3.26. The van der Waals surface area contributed by atoms with Crippen LogP contribution in [0.1, 0.15) is 29.9 Å². The lowest BCUT2D eigenvalue weighted by Gasteiger charge is -2.28. The summed E-state index contributed by atoms with van der Waals surface area (Å²) in [5.41, 5.74) is 2.20. The first-order valence-electron chi connectivity index (χ1n) is 8.66. The van der Waals surface area contributed by atoms with E-state index in [1.54, 1.807) is 0 Å². The summed E-state index contributed by atoms with van der Waals surface area (Å²) in [5, 5.41) is 12.7. The van der Waals surface area contributed by atoms with Gasteiger partial charge >= 0.3 is 0 Å². The van der Waals surface area contributed by atoms with Crippen molar-refractivity contribution in [3.05, 3.63) is 29.5 Å². The molecule has 0 atom stereocenters. The molecule has 0 unspecified atom stereocenters. The van der Waals surface area contributed by atoms with Gasteiger partial charge in [-0.15, -0.1) is 5.10 Å². The van der Waals surface area contributed by atoms with Gasteiger partial charge in [0.15, 0.2) is 5.82 Å². The maximum absolute atomic E-state index is 12.6. The van der Waals surface area contributed by atoms with Gasteiger partial charge in [-0.2, -0.15) is 10.2 Å². The van der Waals surface area contributed by atoms with Crippen molar-refractivity contribution in [2.45, 2.75) is 45.3 Å². The largest absolute Gasteiger partial charge is 0.355 e. The van der Waals surface area contributed by atoms with E-state index in [0.717, 1.165) is 44.1 Å². The minimum Gasteiger partial charge on any atom is -0.355 e. The molecule has 0 radical (unpaired) electrons. The SMILES string of the molecule is FC(F)Cn1ncnc1CN1CCc2nnc(N3CCCC3)cc2C1. The highest BCUT2D eigenvalue weighted by atomic mass is 19.3. The van der Waals surface area contributed by atoms with Gasteiger partial charge in [0.2, 0.25) is 0 Å². The average molecular weight is 349 g/mol. The Hall–Kier alpha value is -2.16. The van der Waals surface area contributed by atoms with Gasteiger partial charge in [-0.05, 0) is 24.5 Å². The van der Waals surface area contributed by atoms with Gasteiger partial charge in [-0.25, -0.2) is 18.4 Å². The maximum Gasteiger partial charge on any atom is 0.257 e. The van der Waals surface area contributed by atoms with Gasteiger partial charge in [0.25, 0.3) is 6.43 Å². The van der Waals surface area contributed by atoms with E-state index < -0.39 is 13.0 Å².